The molecule has 1 fully saturated rings. The first kappa shape index (κ1) is 17.4. The number of hydrogen-bond acceptors (Lipinski definition) is 3. The molecule has 1 aromatic carbocycles. The first-order valence-electron chi connectivity index (χ1n) is 6.56. The molecule has 0 bridgehead atoms. The zero-order valence-corrected chi connectivity index (χ0v) is 14.8. The van der Waals surface area contributed by atoms with E-state index in [9.17, 15) is 0 Å². The number of aliphatic imine (C=N–C) groups is 1. The maximum atomic E-state index is 5.90. The highest BCUT2D eigenvalue weighted by Crippen LogP contribution is 2.22. The molecule has 0 unspecified atom stereocenters. The van der Waals surface area contributed by atoms with Gasteiger partial charge < -0.3 is 15.8 Å². The number of halogens is 1. The fraction of sp³-hybridized carbons (Fsp3) is 0.500. The highest BCUT2D eigenvalue weighted by Gasteiger charge is 2.12. The topological polar surface area (TPSA) is 59.6 Å². The van der Waals surface area contributed by atoms with E-state index in [4.69, 9.17) is 10.5 Å². The van der Waals surface area contributed by atoms with Crippen LogP contribution < -0.4 is 15.8 Å². The van der Waals surface area contributed by atoms with Gasteiger partial charge in [-0.3, -0.25) is 4.99 Å². The normalized spacial score (nSPS) is 16.4. The van der Waals surface area contributed by atoms with Crippen molar-refractivity contribution in [3.05, 3.63) is 24.3 Å². The number of nitrogens with one attached hydrogen (secondary N) is 1. The van der Waals surface area contributed by atoms with Crippen molar-refractivity contribution < 1.29 is 4.74 Å². The summed E-state index contributed by atoms with van der Waals surface area (Å²) in [5, 5.41) is 3.10. The highest BCUT2D eigenvalue weighted by atomic mass is 127. The highest BCUT2D eigenvalue weighted by molar-refractivity contribution is 14.0. The van der Waals surface area contributed by atoms with Gasteiger partial charge in [0.25, 0.3) is 0 Å². The lowest BCUT2D eigenvalue weighted by molar-refractivity contribution is 0.415. The molecule has 1 aliphatic rings. The van der Waals surface area contributed by atoms with Crippen LogP contribution in [0.5, 0.6) is 5.75 Å². The molecule has 1 aromatic rings. The van der Waals surface area contributed by atoms with Gasteiger partial charge in [0, 0.05) is 12.2 Å². The van der Waals surface area contributed by atoms with Crippen molar-refractivity contribution >= 4 is 47.4 Å². The molecular weight excluding hydrogens is 385 g/mol. The van der Waals surface area contributed by atoms with E-state index in [2.05, 4.69) is 10.3 Å². The summed E-state index contributed by atoms with van der Waals surface area (Å²) < 4.78 is 5.11. The maximum Gasteiger partial charge on any atom is 0.193 e. The minimum atomic E-state index is 0. The van der Waals surface area contributed by atoms with E-state index in [1.165, 1.54) is 24.3 Å². The smallest absolute Gasteiger partial charge is 0.193 e. The van der Waals surface area contributed by atoms with Crippen LogP contribution in [0, 0.1) is 5.92 Å². The zero-order valence-electron chi connectivity index (χ0n) is 11.7. The number of nitrogens with two attached hydrogens (primary N) is 1. The Balaban J connectivity index is 0.00000200. The Morgan fingerprint density at radius 2 is 2.00 bits per heavy atom. The Kier molecular flexibility index (Phi) is 8.13. The van der Waals surface area contributed by atoms with E-state index in [0.29, 0.717) is 11.9 Å². The summed E-state index contributed by atoms with van der Waals surface area (Å²) in [6.07, 6.45) is 2.51. The predicted octanol–water partition coefficient (Wildman–Crippen LogP) is 3.18. The monoisotopic (exact) mass is 407 g/mol. The van der Waals surface area contributed by atoms with Crippen molar-refractivity contribution in [2.24, 2.45) is 16.6 Å². The summed E-state index contributed by atoms with van der Waals surface area (Å²) in [7, 11) is 1.65. The number of hydrogen-bond donors (Lipinski definition) is 2. The summed E-state index contributed by atoms with van der Waals surface area (Å²) in [6, 6.07) is 7.65. The van der Waals surface area contributed by atoms with Gasteiger partial charge in [0.2, 0.25) is 0 Å². The molecule has 0 spiro atoms. The second-order valence-electron chi connectivity index (χ2n) is 4.64. The first-order valence-corrected chi connectivity index (χ1v) is 7.72. The lowest BCUT2D eigenvalue weighted by Crippen LogP contribution is -2.24. The van der Waals surface area contributed by atoms with Crippen LogP contribution in [0.1, 0.15) is 12.8 Å². The average Bonchev–Trinajstić information content (AvgIpc) is 2.47. The van der Waals surface area contributed by atoms with Crippen molar-refractivity contribution in [1.29, 1.82) is 0 Å². The van der Waals surface area contributed by atoms with Crippen LogP contribution in [0.25, 0.3) is 0 Å². The van der Waals surface area contributed by atoms with Crippen molar-refractivity contribution in [3.8, 4) is 5.75 Å². The SMILES string of the molecule is COc1ccc(NC(N)=NCC2CCSCC2)cc1.I. The second-order valence-corrected chi connectivity index (χ2v) is 5.86. The lowest BCUT2D eigenvalue weighted by atomic mass is 10.0. The minimum absolute atomic E-state index is 0. The van der Waals surface area contributed by atoms with Gasteiger partial charge >= 0.3 is 0 Å². The van der Waals surface area contributed by atoms with Crippen LogP contribution in [0.4, 0.5) is 5.69 Å². The van der Waals surface area contributed by atoms with E-state index in [1.807, 2.05) is 36.0 Å². The number of nitrogens with zero attached hydrogens (tertiary/aromatic N) is 1. The van der Waals surface area contributed by atoms with Crippen molar-refractivity contribution in [1.82, 2.24) is 0 Å². The molecule has 1 saturated heterocycles. The predicted molar refractivity (Wildman–Crippen MR) is 98.6 cm³/mol. The van der Waals surface area contributed by atoms with Gasteiger partial charge in [-0.1, -0.05) is 0 Å². The molecule has 6 heteroatoms. The number of guanidine groups is 1. The Bertz CT molecular complexity index is 419. The van der Waals surface area contributed by atoms with E-state index >= 15 is 0 Å². The van der Waals surface area contributed by atoms with E-state index in [-0.39, 0.29) is 24.0 Å². The van der Waals surface area contributed by atoms with Gasteiger partial charge in [-0.25, -0.2) is 0 Å². The lowest BCUT2D eigenvalue weighted by Gasteiger charge is -2.19. The van der Waals surface area contributed by atoms with Gasteiger partial charge in [0.05, 0.1) is 7.11 Å². The molecule has 1 heterocycles. The van der Waals surface area contributed by atoms with Crippen LogP contribution in [0.2, 0.25) is 0 Å². The van der Waals surface area contributed by atoms with Gasteiger partial charge in [-0.05, 0) is 54.5 Å². The molecule has 1 aliphatic heterocycles. The molecule has 4 nitrogen and oxygen atoms in total. The molecular formula is C14H22IN3OS. The third kappa shape index (κ3) is 5.78. The van der Waals surface area contributed by atoms with Crippen molar-refractivity contribution in [3.63, 3.8) is 0 Å². The number of anilines is 1. The fourth-order valence-corrected chi connectivity index (χ4v) is 3.22. The third-order valence-corrected chi connectivity index (χ3v) is 4.27. The molecule has 112 valence electrons. The summed E-state index contributed by atoms with van der Waals surface area (Å²) in [4.78, 5) is 4.43. The summed E-state index contributed by atoms with van der Waals surface area (Å²) >= 11 is 2.03. The first-order chi connectivity index (χ1) is 9.28. The van der Waals surface area contributed by atoms with Crippen LogP contribution in [-0.2, 0) is 0 Å². The van der Waals surface area contributed by atoms with Crippen LogP contribution in [0.15, 0.2) is 29.3 Å². The Morgan fingerprint density at radius 1 is 1.35 bits per heavy atom. The van der Waals surface area contributed by atoms with Gasteiger partial charge in [0.1, 0.15) is 5.75 Å². The van der Waals surface area contributed by atoms with E-state index < -0.39 is 0 Å². The Morgan fingerprint density at radius 3 is 2.60 bits per heavy atom. The van der Waals surface area contributed by atoms with Crippen LogP contribution in [-0.4, -0.2) is 31.1 Å². The van der Waals surface area contributed by atoms with E-state index in [0.717, 1.165) is 18.0 Å². The van der Waals surface area contributed by atoms with Gasteiger partial charge in [-0.2, -0.15) is 11.8 Å². The standard InChI is InChI=1S/C14H21N3OS.HI/c1-18-13-4-2-12(3-5-13)17-14(15)16-10-11-6-8-19-9-7-11;/h2-5,11H,6-10H2,1H3,(H3,15,16,17);1H. The fourth-order valence-electron chi connectivity index (χ4n) is 2.02. The number of benzene rings is 1. The zero-order chi connectivity index (χ0) is 13.5. The molecule has 3 N–H and O–H groups in total. The number of ether oxygens (including phenoxy) is 1. The number of thioether (sulfide) groups is 1. The second kappa shape index (κ2) is 9.33. The Hall–Kier alpha value is -0.630. The third-order valence-electron chi connectivity index (χ3n) is 3.22. The summed E-state index contributed by atoms with van der Waals surface area (Å²) in [5.74, 6) is 4.53. The van der Waals surface area contributed by atoms with Crippen molar-refractivity contribution in [2.45, 2.75) is 12.8 Å². The largest absolute Gasteiger partial charge is 0.497 e. The molecule has 0 amide bonds. The molecule has 0 aromatic heterocycles. The molecule has 0 atom stereocenters. The molecule has 0 aliphatic carbocycles. The number of methoxy groups -OCH3 is 1. The Labute approximate surface area is 142 Å². The van der Waals surface area contributed by atoms with Gasteiger partial charge in [0.15, 0.2) is 5.96 Å². The van der Waals surface area contributed by atoms with Crippen molar-refractivity contribution in [2.75, 3.05) is 30.5 Å². The molecule has 2 rings (SSSR count). The van der Waals surface area contributed by atoms with Gasteiger partial charge in [-0.15, -0.1) is 24.0 Å². The molecule has 0 saturated carbocycles. The maximum absolute atomic E-state index is 5.90. The summed E-state index contributed by atoms with van der Waals surface area (Å²) in [6.45, 7) is 0.829. The van der Waals surface area contributed by atoms with E-state index in [1.54, 1.807) is 7.11 Å². The molecule has 20 heavy (non-hydrogen) atoms. The average molecular weight is 407 g/mol. The quantitative estimate of drug-likeness (QED) is 0.457. The molecule has 0 radical (unpaired) electrons. The minimum Gasteiger partial charge on any atom is -0.497 e. The van der Waals surface area contributed by atoms with Crippen LogP contribution >= 0.6 is 35.7 Å². The summed E-state index contributed by atoms with van der Waals surface area (Å²) in [5.41, 5.74) is 6.83. The number of rotatable bonds is 4. The van der Waals surface area contributed by atoms with Crippen LogP contribution in [0.3, 0.4) is 0 Å².